The van der Waals surface area contributed by atoms with Crippen LogP contribution in [0.4, 0.5) is 0 Å². The van der Waals surface area contributed by atoms with Crippen LogP contribution in [0.5, 0.6) is 5.75 Å². The molecule has 1 atom stereocenters. The molecule has 0 spiro atoms. The number of para-hydroxylation sites is 1. The van der Waals surface area contributed by atoms with Crippen molar-refractivity contribution in [3.05, 3.63) is 29.8 Å². The van der Waals surface area contributed by atoms with E-state index in [0.29, 0.717) is 12.0 Å². The van der Waals surface area contributed by atoms with Gasteiger partial charge in [0, 0.05) is 11.6 Å². The molecule has 19 heavy (non-hydrogen) atoms. The van der Waals surface area contributed by atoms with Gasteiger partial charge in [0.15, 0.2) is 0 Å². The molecule has 0 bridgehead atoms. The molecular weight excluding hydrogens is 234 g/mol. The Hall–Kier alpha value is -1.02. The van der Waals surface area contributed by atoms with Gasteiger partial charge in [-0.2, -0.15) is 0 Å². The van der Waals surface area contributed by atoms with Gasteiger partial charge in [-0.15, -0.1) is 0 Å². The highest BCUT2D eigenvalue weighted by atomic mass is 16.5. The first kappa shape index (κ1) is 16.0. The molecule has 1 aromatic carbocycles. The van der Waals surface area contributed by atoms with Crippen LogP contribution in [0, 0.1) is 5.92 Å². The zero-order chi connectivity index (χ0) is 14.1. The molecule has 0 aliphatic rings. The van der Waals surface area contributed by atoms with Crippen molar-refractivity contribution >= 4 is 0 Å². The first-order chi connectivity index (χ1) is 9.28. The zero-order valence-corrected chi connectivity index (χ0v) is 12.9. The van der Waals surface area contributed by atoms with Crippen molar-refractivity contribution in [2.45, 2.75) is 52.5 Å². The van der Waals surface area contributed by atoms with E-state index in [1.165, 1.54) is 31.2 Å². The average molecular weight is 263 g/mol. The molecule has 0 aromatic heterocycles. The molecule has 2 nitrogen and oxygen atoms in total. The summed E-state index contributed by atoms with van der Waals surface area (Å²) in [6.45, 7) is 7.71. The normalized spacial score (nSPS) is 12.7. The maximum Gasteiger partial charge on any atom is 0.123 e. The van der Waals surface area contributed by atoms with E-state index in [2.05, 4.69) is 44.3 Å². The highest BCUT2D eigenvalue weighted by Crippen LogP contribution is 2.34. The minimum absolute atomic E-state index is 0.404. The van der Waals surface area contributed by atoms with E-state index in [1.54, 1.807) is 7.11 Å². The summed E-state index contributed by atoms with van der Waals surface area (Å²) < 4.78 is 5.54. The number of hydrogen-bond acceptors (Lipinski definition) is 2. The van der Waals surface area contributed by atoms with Crippen LogP contribution < -0.4 is 10.1 Å². The van der Waals surface area contributed by atoms with Crippen LogP contribution in [0.25, 0.3) is 0 Å². The number of methoxy groups -OCH3 is 1. The SMILES string of the molecule is CCCC(CCC)C(NCC)c1ccccc1OC. The molecule has 0 radical (unpaired) electrons. The molecule has 0 amide bonds. The number of nitrogens with one attached hydrogen (secondary N) is 1. The second kappa shape index (κ2) is 8.98. The van der Waals surface area contributed by atoms with Crippen LogP contribution in [0.15, 0.2) is 24.3 Å². The Balaban J connectivity index is 3.02. The molecule has 0 heterocycles. The van der Waals surface area contributed by atoms with Gasteiger partial charge in [0.1, 0.15) is 5.75 Å². The summed E-state index contributed by atoms with van der Waals surface area (Å²) in [7, 11) is 1.76. The van der Waals surface area contributed by atoms with Gasteiger partial charge < -0.3 is 10.1 Å². The Morgan fingerprint density at radius 1 is 1.05 bits per heavy atom. The number of hydrogen-bond donors (Lipinski definition) is 1. The predicted molar refractivity (Wildman–Crippen MR) is 82.7 cm³/mol. The second-order valence-corrected chi connectivity index (χ2v) is 5.11. The van der Waals surface area contributed by atoms with E-state index in [9.17, 15) is 0 Å². The first-order valence-corrected chi connectivity index (χ1v) is 7.64. The molecule has 0 aliphatic carbocycles. The van der Waals surface area contributed by atoms with E-state index in [4.69, 9.17) is 4.74 Å². The maximum atomic E-state index is 5.54. The third-order valence-corrected chi connectivity index (χ3v) is 3.69. The van der Waals surface area contributed by atoms with Crippen molar-refractivity contribution in [2.75, 3.05) is 13.7 Å². The smallest absolute Gasteiger partial charge is 0.123 e. The molecule has 0 fully saturated rings. The summed E-state index contributed by atoms with van der Waals surface area (Å²) in [5.41, 5.74) is 1.30. The minimum Gasteiger partial charge on any atom is -0.496 e. The van der Waals surface area contributed by atoms with E-state index in [-0.39, 0.29) is 0 Å². The average Bonchev–Trinajstić information content (AvgIpc) is 2.44. The molecular formula is C17H29NO. The quantitative estimate of drug-likeness (QED) is 0.705. The van der Waals surface area contributed by atoms with Crippen LogP contribution in [-0.2, 0) is 0 Å². The van der Waals surface area contributed by atoms with Gasteiger partial charge in [0.25, 0.3) is 0 Å². The van der Waals surface area contributed by atoms with Gasteiger partial charge in [-0.25, -0.2) is 0 Å². The Morgan fingerprint density at radius 2 is 1.68 bits per heavy atom. The molecule has 2 heteroatoms. The molecule has 108 valence electrons. The van der Waals surface area contributed by atoms with Gasteiger partial charge in [-0.3, -0.25) is 0 Å². The van der Waals surface area contributed by atoms with Gasteiger partial charge in [0.2, 0.25) is 0 Å². The van der Waals surface area contributed by atoms with Gasteiger partial charge >= 0.3 is 0 Å². The van der Waals surface area contributed by atoms with E-state index in [1.807, 2.05) is 6.07 Å². The van der Waals surface area contributed by atoms with Crippen molar-refractivity contribution in [3.8, 4) is 5.75 Å². The van der Waals surface area contributed by atoms with Crippen molar-refractivity contribution in [3.63, 3.8) is 0 Å². The van der Waals surface area contributed by atoms with Crippen LogP contribution in [0.1, 0.15) is 58.1 Å². The van der Waals surface area contributed by atoms with Gasteiger partial charge in [-0.05, 0) is 31.4 Å². The maximum absolute atomic E-state index is 5.54. The molecule has 0 saturated carbocycles. The predicted octanol–water partition coefficient (Wildman–Crippen LogP) is 4.56. The minimum atomic E-state index is 0.404. The summed E-state index contributed by atoms with van der Waals surface area (Å²) in [6, 6.07) is 8.82. The summed E-state index contributed by atoms with van der Waals surface area (Å²) in [5.74, 6) is 1.69. The van der Waals surface area contributed by atoms with Crippen LogP contribution in [0.2, 0.25) is 0 Å². The van der Waals surface area contributed by atoms with Crippen LogP contribution in [-0.4, -0.2) is 13.7 Å². The molecule has 0 saturated heterocycles. The van der Waals surface area contributed by atoms with Gasteiger partial charge in [-0.1, -0.05) is 51.8 Å². The summed E-state index contributed by atoms with van der Waals surface area (Å²) in [6.07, 6.45) is 5.01. The number of benzene rings is 1. The first-order valence-electron chi connectivity index (χ1n) is 7.64. The lowest BCUT2D eigenvalue weighted by Gasteiger charge is -2.29. The van der Waals surface area contributed by atoms with Gasteiger partial charge in [0.05, 0.1) is 7.11 Å². The highest BCUT2D eigenvalue weighted by Gasteiger charge is 2.23. The number of rotatable bonds is 9. The Labute approximate surface area is 118 Å². The van der Waals surface area contributed by atoms with Crippen molar-refractivity contribution in [1.82, 2.24) is 5.32 Å². The molecule has 1 rings (SSSR count). The summed E-state index contributed by atoms with van der Waals surface area (Å²) >= 11 is 0. The largest absolute Gasteiger partial charge is 0.496 e. The van der Waals surface area contributed by atoms with Crippen molar-refractivity contribution in [2.24, 2.45) is 5.92 Å². The summed E-state index contributed by atoms with van der Waals surface area (Å²) in [4.78, 5) is 0. The van der Waals surface area contributed by atoms with E-state index in [0.717, 1.165) is 12.3 Å². The fourth-order valence-corrected chi connectivity index (χ4v) is 2.89. The molecule has 1 unspecified atom stereocenters. The van der Waals surface area contributed by atoms with Crippen LogP contribution >= 0.6 is 0 Å². The summed E-state index contributed by atoms with van der Waals surface area (Å²) in [5, 5.41) is 3.66. The molecule has 0 aliphatic heterocycles. The monoisotopic (exact) mass is 263 g/mol. The lowest BCUT2D eigenvalue weighted by molar-refractivity contribution is 0.309. The second-order valence-electron chi connectivity index (χ2n) is 5.11. The van der Waals surface area contributed by atoms with E-state index < -0.39 is 0 Å². The lowest BCUT2D eigenvalue weighted by Crippen LogP contribution is -2.28. The Morgan fingerprint density at radius 3 is 2.21 bits per heavy atom. The molecule has 1 N–H and O–H groups in total. The standard InChI is InChI=1S/C17H29NO/c1-5-10-14(11-6-2)17(18-7-3)15-12-8-9-13-16(15)19-4/h8-9,12-14,17-18H,5-7,10-11H2,1-4H3. The van der Waals surface area contributed by atoms with Crippen molar-refractivity contribution < 1.29 is 4.74 Å². The zero-order valence-electron chi connectivity index (χ0n) is 12.9. The fraction of sp³-hybridized carbons (Fsp3) is 0.647. The topological polar surface area (TPSA) is 21.3 Å². The van der Waals surface area contributed by atoms with Crippen molar-refractivity contribution in [1.29, 1.82) is 0 Å². The molecule has 1 aromatic rings. The Bertz CT molecular complexity index is 345. The third kappa shape index (κ3) is 4.54. The van der Waals surface area contributed by atoms with E-state index >= 15 is 0 Å². The third-order valence-electron chi connectivity index (χ3n) is 3.69. The Kier molecular flexibility index (Phi) is 7.57. The van der Waals surface area contributed by atoms with Crippen LogP contribution in [0.3, 0.4) is 0 Å². The highest BCUT2D eigenvalue weighted by molar-refractivity contribution is 5.36. The number of ether oxygens (including phenoxy) is 1. The lowest BCUT2D eigenvalue weighted by atomic mass is 9.85. The fourth-order valence-electron chi connectivity index (χ4n) is 2.89.